The molecule has 1 N–H and O–H groups in total. The summed E-state index contributed by atoms with van der Waals surface area (Å²) in [7, 11) is -2.06. The van der Waals surface area contributed by atoms with Crippen molar-refractivity contribution in [3.63, 3.8) is 0 Å². The normalized spacial score (nSPS) is 12.9. The van der Waals surface area contributed by atoms with Crippen LogP contribution < -0.4 is 0 Å². The van der Waals surface area contributed by atoms with Gasteiger partial charge in [-0.25, -0.2) is 0 Å². The van der Waals surface area contributed by atoms with Crippen LogP contribution in [0.25, 0.3) is 0 Å². The molecule has 64 valence electrons. The summed E-state index contributed by atoms with van der Waals surface area (Å²) in [6, 6.07) is 0. The number of unbranched alkanes of at least 4 members (excludes halogenated alkanes) is 1. The second-order valence-corrected chi connectivity index (χ2v) is 3.92. The minimum absolute atomic E-state index is 0.728. The van der Waals surface area contributed by atoms with E-state index in [1.165, 1.54) is 12.2 Å². The largest absolute Gasteiger partial charge is 0.537 e. The fourth-order valence-electron chi connectivity index (χ4n) is 0.809. The summed E-state index contributed by atoms with van der Waals surface area (Å²) in [5.74, 6) is 2.08. The zero-order valence-electron chi connectivity index (χ0n) is 7.16. The Morgan fingerprint density at radius 1 is 1.55 bits per heavy atom. The van der Waals surface area contributed by atoms with Crippen molar-refractivity contribution in [2.24, 2.45) is 5.92 Å². The van der Waals surface area contributed by atoms with Crippen LogP contribution in [-0.2, 0) is 4.57 Å². The summed E-state index contributed by atoms with van der Waals surface area (Å²) in [4.78, 5) is 8.38. The van der Waals surface area contributed by atoms with Gasteiger partial charge in [-0.05, 0) is 29.4 Å². The van der Waals surface area contributed by atoms with Gasteiger partial charge in [0.1, 0.15) is 0 Å². The van der Waals surface area contributed by atoms with Crippen LogP contribution in [0.15, 0.2) is 11.9 Å². The highest BCUT2D eigenvalue weighted by Gasteiger charge is 1.99. The average molecular weight is 175 g/mol. The summed E-state index contributed by atoms with van der Waals surface area (Å²) in [6.45, 7) is 4.35. The lowest BCUT2D eigenvalue weighted by atomic mass is 10.1. The van der Waals surface area contributed by atoms with Gasteiger partial charge in [0.25, 0.3) is 0 Å². The number of hydrogen-bond acceptors (Lipinski definition) is 1. The van der Waals surface area contributed by atoms with Crippen LogP contribution in [0.1, 0.15) is 33.1 Å². The van der Waals surface area contributed by atoms with E-state index in [-0.39, 0.29) is 0 Å². The van der Waals surface area contributed by atoms with Gasteiger partial charge >= 0.3 is 8.03 Å². The Hall–Kier alpha value is -0.200. The molecule has 0 saturated heterocycles. The van der Waals surface area contributed by atoms with E-state index in [2.05, 4.69) is 13.8 Å². The smallest absolute Gasteiger partial charge is 0.157 e. The van der Waals surface area contributed by atoms with E-state index in [9.17, 15) is 4.57 Å². The predicted molar refractivity (Wildman–Crippen MR) is 47.7 cm³/mol. The Morgan fingerprint density at radius 2 is 2.18 bits per heavy atom. The van der Waals surface area contributed by atoms with Gasteiger partial charge in [0, 0.05) is 0 Å². The molecule has 0 aliphatic carbocycles. The maximum Gasteiger partial charge on any atom is 0.537 e. The third-order valence-corrected chi connectivity index (χ3v) is 1.85. The highest BCUT2D eigenvalue weighted by atomic mass is 31.1. The molecule has 0 aliphatic heterocycles. The molecule has 0 spiro atoms. The van der Waals surface area contributed by atoms with Gasteiger partial charge < -0.3 is 0 Å². The highest BCUT2D eigenvalue weighted by molar-refractivity contribution is 7.41. The molecule has 0 saturated carbocycles. The monoisotopic (exact) mass is 175 g/mol. The minimum Gasteiger partial charge on any atom is -0.157 e. The lowest BCUT2D eigenvalue weighted by Crippen LogP contribution is -1.84. The standard InChI is InChI=1S/C8H15O2P/c1-8(2)6-4-3-5-7-11(9)10/h5,7-8H,3-4,6H2,1-2H3/p+1. The topological polar surface area (TPSA) is 37.3 Å². The lowest BCUT2D eigenvalue weighted by Gasteiger charge is -1.99. The molecule has 0 fully saturated rings. The first kappa shape index (κ1) is 10.8. The van der Waals surface area contributed by atoms with Crippen LogP contribution in [0.3, 0.4) is 0 Å². The van der Waals surface area contributed by atoms with Crippen LogP contribution in [0, 0.1) is 5.92 Å². The van der Waals surface area contributed by atoms with Crippen LogP contribution >= 0.6 is 8.03 Å². The highest BCUT2D eigenvalue weighted by Crippen LogP contribution is 2.15. The quantitative estimate of drug-likeness (QED) is 0.515. The van der Waals surface area contributed by atoms with Crippen LogP contribution in [0.4, 0.5) is 0 Å². The van der Waals surface area contributed by atoms with Crippen molar-refractivity contribution in [1.82, 2.24) is 0 Å². The summed E-state index contributed by atoms with van der Waals surface area (Å²) < 4.78 is 10.2. The third kappa shape index (κ3) is 9.80. The Balaban J connectivity index is 3.21. The van der Waals surface area contributed by atoms with Crippen LogP contribution in [0.2, 0.25) is 0 Å². The van der Waals surface area contributed by atoms with Gasteiger partial charge in [-0.2, -0.15) is 4.89 Å². The molecule has 0 bridgehead atoms. The van der Waals surface area contributed by atoms with Crippen molar-refractivity contribution >= 4 is 8.03 Å². The number of hydrogen-bond donors (Lipinski definition) is 1. The fraction of sp³-hybridized carbons (Fsp3) is 0.750. The Kier molecular flexibility index (Phi) is 6.39. The fourth-order valence-corrected chi connectivity index (χ4v) is 1.14. The first-order valence-electron chi connectivity index (χ1n) is 3.95. The molecular weight excluding hydrogens is 159 g/mol. The van der Waals surface area contributed by atoms with Crippen molar-refractivity contribution in [2.45, 2.75) is 33.1 Å². The molecule has 1 unspecified atom stereocenters. The summed E-state index contributed by atoms with van der Waals surface area (Å²) in [5, 5.41) is 0. The van der Waals surface area contributed by atoms with Crippen molar-refractivity contribution in [2.75, 3.05) is 0 Å². The maximum atomic E-state index is 10.2. The second kappa shape index (κ2) is 6.51. The van der Waals surface area contributed by atoms with E-state index < -0.39 is 8.03 Å². The molecule has 0 radical (unpaired) electrons. The molecule has 0 aromatic rings. The predicted octanol–water partition coefficient (Wildman–Crippen LogP) is 3.06. The van der Waals surface area contributed by atoms with E-state index >= 15 is 0 Å². The van der Waals surface area contributed by atoms with E-state index in [0.29, 0.717) is 0 Å². The minimum atomic E-state index is -2.06. The zero-order valence-corrected chi connectivity index (χ0v) is 8.05. The Labute approximate surface area is 69.2 Å². The molecule has 11 heavy (non-hydrogen) atoms. The Morgan fingerprint density at radius 3 is 2.64 bits per heavy atom. The Bertz CT molecular complexity index is 141. The summed E-state index contributed by atoms with van der Waals surface area (Å²) in [5.41, 5.74) is 0. The van der Waals surface area contributed by atoms with Gasteiger partial charge in [-0.15, -0.1) is 0 Å². The van der Waals surface area contributed by atoms with Crippen LogP contribution in [-0.4, -0.2) is 4.89 Å². The lowest BCUT2D eigenvalue weighted by molar-refractivity contribution is 0.512. The number of rotatable bonds is 5. The molecule has 0 aliphatic rings. The molecular formula is C8H16O2P+. The van der Waals surface area contributed by atoms with E-state index in [1.807, 2.05) is 0 Å². The van der Waals surface area contributed by atoms with Crippen molar-refractivity contribution in [3.8, 4) is 0 Å². The molecule has 0 aromatic heterocycles. The van der Waals surface area contributed by atoms with E-state index in [0.717, 1.165) is 18.8 Å². The molecule has 0 rings (SSSR count). The maximum absolute atomic E-state index is 10.2. The second-order valence-electron chi connectivity index (χ2n) is 3.01. The van der Waals surface area contributed by atoms with Gasteiger partial charge in [0.15, 0.2) is 5.82 Å². The van der Waals surface area contributed by atoms with Gasteiger partial charge in [0.2, 0.25) is 0 Å². The van der Waals surface area contributed by atoms with Crippen LogP contribution in [0.5, 0.6) is 0 Å². The average Bonchev–Trinajstić information content (AvgIpc) is 1.85. The van der Waals surface area contributed by atoms with Crippen molar-refractivity contribution in [3.05, 3.63) is 11.9 Å². The number of allylic oxidation sites excluding steroid dienone is 1. The molecule has 0 amide bonds. The van der Waals surface area contributed by atoms with Gasteiger partial charge in [-0.1, -0.05) is 20.3 Å². The van der Waals surface area contributed by atoms with E-state index in [1.54, 1.807) is 6.08 Å². The molecule has 0 heterocycles. The third-order valence-electron chi connectivity index (χ3n) is 1.39. The summed E-state index contributed by atoms with van der Waals surface area (Å²) in [6.07, 6.45) is 4.99. The van der Waals surface area contributed by atoms with Gasteiger partial charge in [-0.3, -0.25) is 0 Å². The first-order chi connectivity index (χ1) is 5.13. The SMILES string of the molecule is CC(C)CCCC=C[P+](=O)O. The van der Waals surface area contributed by atoms with E-state index in [4.69, 9.17) is 4.89 Å². The van der Waals surface area contributed by atoms with Gasteiger partial charge in [0.05, 0.1) is 0 Å². The van der Waals surface area contributed by atoms with Crippen molar-refractivity contribution < 1.29 is 9.46 Å². The molecule has 1 atom stereocenters. The molecule has 0 aromatic carbocycles. The summed E-state index contributed by atoms with van der Waals surface area (Å²) >= 11 is 0. The van der Waals surface area contributed by atoms with Crippen molar-refractivity contribution in [1.29, 1.82) is 0 Å². The zero-order chi connectivity index (χ0) is 8.69. The first-order valence-corrected chi connectivity index (χ1v) is 5.23. The molecule has 2 nitrogen and oxygen atoms in total. The molecule has 3 heteroatoms.